The Morgan fingerprint density at radius 3 is 2.92 bits per heavy atom. The van der Waals surface area contributed by atoms with Gasteiger partial charge in [-0.05, 0) is 0 Å². The average Bonchev–Trinajstić information content (AvgIpc) is 2.04. The van der Waals surface area contributed by atoms with Crippen LogP contribution in [0.25, 0.3) is 0 Å². The number of cyclic esters (lactones) is 1. The molecule has 0 bridgehead atoms. The highest BCUT2D eigenvalue weighted by molar-refractivity contribution is 7.10. The number of carbonyl (C=O) groups excluding carboxylic acids is 1. The topological polar surface area (TPSA) is 44.8 Å². The van der Waals surface area contributed by atoms with Crippen molar-refractivity contribution in [2.24, 2.45) is 0 Å². The molecule has 0 spiro atoms. The maximum atomic E-state index is 10.9. The number of hydrogen-bond donors (Lipinski definition) is 0. The zero-order valence-electron chi connectivity index (χ0n) is 6.56. The van der Waals surface area contributed by atoms with E-state index in [0.29, 0.717) is 19.4 Å². The van der Waals surface area contributed by atoms with Crippen LogP contribution in [0.1, 0.15) is 12.8 Å². The van der Waals surface area contributed by atoms with Gasteiger partial charge in [-0.15, -0.1) is 0 Å². The second-order valence-corrected chi connectivity index (χ2v) is 3.25. The first-order chi connectivity index (χ1) is 5.76. The number of rotatable bonds is 3. The second-order valence-electron chi connectivity index (χ2n) is 2.64. The molecule has 1 heterocycles. The van der Waals surface area contributed by atoms with Crippen molar-refractivity contribution in [3.05, 3.63) is 0 Å². The van der Waals surface area contributed by atoms with E-state index in [1.807, 2.05) is 0 Å². The standard InChI is InChI=1S/C6H12O4P2/c7-6-2-4(10-12)1-5(9-6)3-8-11/h4-5H,1-3,11-12H2/t4-,5-/m0/s1. The van der Waals surface area contributed by atoms with Crippen LogP contribution in [0.2, 0.25) is 0 Å². The summed E-state index contributed by atoms with van der Waals surface area (Å²) in [6, 6.07) is 0. The average molecular weight is 210 g/mol. The van der Waals surface area contributed by atoms with E-state index in [2.05, 4.69) is 18.9 Å². The van der Waals surface area contributed by atoms with Crippen LogP contribution >= 0.6 is 18.9 Å². The Labute approximate surface area is 75.9 Å². The molecule has 0 radical (unpaired) electrons. The van der Waals surface area contributed by atoms with Crippen LogP contribution in [0.5, 0.6) is 0 Å². The van der Waals surface area contributed by atoms with Crippen LogP contribution in [-0.2, 0) is 18.6 Å². The highest BCUT2D eigenvalue weighted by Gasteiger charge is 2.28. The van der Waals surface area contributed by atoms with Crippen molar-refractivity contribution in [3.8, 4) is 0 Å². The van der Waals surface area contributed by atoms with Crippen molar-refractivity contribution < 1.29 is 18.6 Å². The van der Waals surface area contributed by atoms with Gasteiger partial charge < -0.3 is 13.8 Å². The fraction of sp³-hybridized carbons (Fsp3) is 0.833. The summed E-state index contributed by atoms with van der Waals surface area (Å²) in [5, 5.41) is 0. The van der Waals surface area contributed by atoms with Gasteiger partial charge in [0.25, 0.3) is 0 Å². The first kappa shape index (κ1) is 10.3. The Balaban J connectivity index is 2.39. The Hall–Kier alpha value is 0.250. The molecule has 6 heteroatoms. The molecule has 0 aromatic carbocycles. The van der Waals surface area contributed by atoms with Crippen LogP contribution in [-0.4, -0.2) is 24.8 Å². The summed E-state index contributed by atoms with van der Waals surface area (Å²) in [7, 11) is 4.29. The molecule has 4 atom stereocenters. The Kier molecular flexibility index (Phi) is 4.38. The highest BCUT2D eigenvalue weighted by atomic mass is 31.0. The van der Waals surface area contributed by atoms with Crippen molar-refractivity contribution >= 4 is 24.9 Å². The summed E-state index contributed by atoms with van der Waals surface area (Å²) in [5.74, 6) is -0.222. The lowest BCUT2D eigenvalue weighted by Crippen LogP contribution is -2.35. The fourth-order valence-electron chi connectivity index (χ4n) is 1.16. The number of ether oxygens (including phenoxy) is 1. The van der Waals surface area contributed by atoms with Crippen LogP contribution < -0.4 is 0 Å². The van der Waals surface area contributed by atoms with Crippen molar-refractivity contribution in [2.75, 3.05) is 6.61 Å². The van der Waals surface area contributed by atoms with Gasteiger partial charge in [-0.2, -0.15) is 0 Å². The minimum atomic E-state index is -0.222. The van der Waals surface area contributed by atoms with Crippen LogP contribution in [0.4, 0.5) is 0 Å². The van der Waals surface area contributed by atoms with E-state index in [-0.39, 0.29) is 18.2 Å². The summed E-state index contributed by atoms with van der Waals surface area (Å²) in [5.41, 5.74) is 0. The molecule has 0 aliphatic carbocycles. The molecule has 1 rings (SSSR count). The Morgan fingerprint density at radius 2 is 2.33 bits per heavy atom. The van der Waals surface area contributed by atoms with Crippen molar-refractivity contribution in [3.63, 3.8) is 0 Å². The fourth-order valence-corrected chi connectivity index (χ4v) is 1.58. The molecule has 0 saturated carbocycles. The zero-order chi connectivity index (χ0) is 8.97. The molecule has 12 heavy (non-hydrogen) atoms. The molecule has 1 aliphatic rings. The van der Waals surface area contributed by atoms with Gasteiger partial charge in [0.2, 0.25) is 0 Å². The molecule has 1 aliphatic heterocycles. The maximum Gasteiger partial charge on any atom is 0.308 e. The molecule has 0 N–H and O–H groups in total. The second kappa shape index (κ2) is 5.08. The number of esters is 1. The lowest BCUT2D eigenvalue weighted by molar-refractivity contribution is -0.160. The molecule has 0 aromatic rings. The minimum absolute atomic E-state index is 0.0543. The van der Waals surface area contributed by atoms with Crippen LogP contribution in [0.3, 0.4) is 0 Å². The summed E-state index contributed by atoms with van der Waals surface area (Å²) < 4.78 is 14.8. The quantitative estimate of drug-likeness (QED) is 0.507. The third kappa shape index (κ3) is 2.95. The van der Waals surface area contributed by atoms with Gasteiger partial charge in [-0.1, -0.05) is 0 Å². The Morgan fingerprint density at radius 1 is 1.58 bits per heavy atom. The number of hydrogen-bond acceptors (Lipinski definition) is 4. The van der Waals surface area contributed by atoms with Crippen molar-refractivity contribution in [1.29, 1.82) is 0 Å². The summed E-state index contributed by atoms with van der Waals surface area (Å²) in [6.45, 7) is 0.404. The first-order valence-corrected chi connectivity index (χ1v) is 4.57. The smallest absolute Gasteiger partial charge is 0.308 e. The molecule has 0 amide bonds. The van der Waals surface area contributed by atoms with Gasteiger partial charge in [-0.3, -0.25) is 4.79 Å². The lowest BCUT2D eigenvalue weighted by Gasteiger charge is -2.26. The van der Waals surface area contributed by atoms with Gasteiger partial charge in [0.1, 0.15) is 6.10 Å². The predicted octanol–water partition coefficient (Wildman–Crippen LogP) is 0.674. The zero-order valence-corrected chi connectivity index (χ0v) is 8.87. The van der Waals surface area contributed by atoms with E-state index in [1.165, 1.54) is 0 Å². The molecular formula is C6H12O4P2. The van der Waals surface area contributed by atoms with Gasteiger partial charge >= 0.3 is 5.97 Å². The van der Waals surface area contributed by atoms with E-state index in [9.17, 15) is 4.79 Å². The molecular weight excluding hydrogens is 198 g/mol. The molecule has 0 aromatic heterocycles. The third-order valence-electron chi connectivity index (χ3n) is 1.69. The third-order valence-corrected chi connectivity index (χ3v) is 2.27. The van der Waals surface area contributed by atoms with E-state index in [1.54, 1.807) is 0 Å². The van der Waals surface area contributed by atoms with Crippen LogP contribution in [0, 0.1) is 0 Å². The molecule has 1 saturated heterocycles. The summed E-state index contributed by atoms with van der Waals surface area (Å²) in [4.78, 5) is 10.9. The van der Waals surface area contributed by atoms with Crippen molar-refractivity contribution in [2.45, 2.75) is 25.0 Å². The Bertz CT molecular complexity index is 164. The van der Waals surface area contributed by atoms with Gasteiger partial charge in [0, 0.05) is 25.4 Å². The highest BCUT2D eigenvalue weighted by Crippen LogP contribution is 2.20. The van der Waals surface area contributed by atoms with Gasteiger partial charge in [0.15, 0.2) is 0 Å². The van der Waals surface area contributed by atoms with Gasteiger partial charge in [0.05, 0.1) is 19.1 Å². The lowest BCUT2D eigenvalue weighted by atomic mass is 10.1. The van der Waals surface area contributed by atoms with E-state index in [4.69, 9.17) is 13.8 Å². The van der Waals surface area contributed by atoms with Crippen molar-refractivity contribution in [1.82, 2.24) is 0 Å². The molecule has 2 unspecified atom stereocenters. The summed E-state index contributed by atoms with van der Waals surface area (Å²) >= 11 is 0. The minimum Gasteiger partial charge on any atom is -0.460 e. The SMILES string of the molecule is O=C1C[C@@H](OP)C[C@@H](COP)O1. The molecule has 70 valence electrons. The molecule has 1 fully saturated rings. The number of carbonyl (C=O) groups is 1. The normalized spacial score (nSPS) is 30.0. The van der Waals surface area contributed by atoms with E-state index in [0.717, 1.165) is 0 Å². The van der Waals surface area contributed by atoms with E-state index < -0.39 is 0 Å². The van der Waals surface area contributed by atoms with Crippen LogP contribution in [0.15, 0.2) is 0 Å². The monoisotopic (exact) mass is 210 g/mol. The van der Waals surface area contributed by atoms with Gasteiger partial charge in [-0.25, -0.2) is 0 Å². The predicted molar refractivity (Wildman–Crippen MR) is 49.4 cm³/mol. The largest absolute Gasteiger partial charge is 0.460 e. The summed E-state index contributed by atoms with van der Waals surface area (Å²) in [6.07, 6.45) is 0.802. The van der Waals surface area contributed by atoms with E-state index >= 15 is 0 Å². The maximum absolute atomic E-state index is 10.9. The molecule has 4 nitrogen and oxygen atoms in total. The first-order valence-electron chi connectivity index (χ1n) is 3.63.